The first-order valence-electron chi connectivity index (χ1n) is 3.44. The second-order valence-electron chi connectivity index (χ2n) is 2.28. The Bertz CT molecular complexity index is 499. The van der Waals surface area contributed by atoms with Crippen molar-refractivity contribution in [3.63, 3.8) is 0 Å². The van der Waals surface area contributed by atoms with Crippen LogP contribution < -0.4 is 11.1 Å². The Morgan fingerprint density at radius 1 is 1.54 bits per heavy atom. The van der Waals surface area contributed by atoms with E-state index in [-0.39, 0.29) is 0 Å². The van der Waals surface area contributed by atoms with Crippen molar-refractivity contribution in [2.24, 2.45) is 0 Å². The lowest BCUT2D eigenvalue weighted by atomic mass is 10.6. The van der Waals surface area contributed by atoms with Crippen molar-refractivity contribution in [1.29, 1.82) is 0 Å². The molecule has 0 aliphatic carbocycles. The molecule has 0 unspecified atom stereocenters. The van der Waals surface area contributed by atoms with E-state index in [1.807, 2.05) is 0 Å². The van der Waals surface area contributed by atoms with Crippen LogP contribution in [0.2, 0.25) is 0 Å². The number of carbonyl (C=O) groups is 1. The molecule has 2 N–H and O–H groups in total. The molecule has 0 bridgehead atoms. The van der Waals surface area contributed by atoms with E-state index in [1.54, 1.807) is 0 Å². The summed E-state index contributed by atoms with van der Waals surface area (Å²) in [6, 6.07) is 0. The van der Waals surface area contributed by atoms with E-state index in [0.29, 0.717) is 17.6 Å². The number of carbonyl (C=O) groups excluding carboxylic acids is 1. The van der Waals surface area contributed by atoms with E-state index >= 15 is 0 Å². The Balaban J connectivity index is 2.71. The molecule has 13 heavy (non-hydrogen) atoms. The zero-order valence-corrected chi connectivity index (χ0v) is 6.39. The molecule has 7 heteroatoms. The second kappa shape index (κ2) is 2.70. The smallest absolute Gasteiger partial charge is 0.289 e. The molecule has 2 aromatic rings. The van der Waals surface area contributed by atoms with Gasteiger partial charge in [-0.2, -0.15) is 4.98 Å². The molecule has 2 heterocycles. The number of nitrogens with one attached hydrogen (secondary N) is 2. The number of hydrogen-bond acceptors (Lipinski definition) is 4. The Kier molecular flexibility index (Phi) is 1.55. The van der Waals surface area contributed by atoms with Crippen LogP contribution in [-0.4, -0.2) is 26.0 Å². The fourth-order valence-electron chi connectivity index (χ4n) is 0.989. The summed E-state index contributed by atoms with van der Waals surface area (Å²) in [7, 11) is 0. The monoisotopic (exact) mass is 179 g/mol. The lowest BCUT2D eigenvalue weighted by Gasteiger charge is -1.97. The molecule has 2 rings (SSSR count). The van der Waals surface area contributed by atoms with E-state index < -0.39 is 5.69 Å². The topological polar surface area (TPSA) is 92.7 Å². The number of hydrogen-bond donors (Lipinski definition) is 2. The summed E-state index contributed by atoms with van der Waals surface area (Å²) in [6.07, 6.45) is 3.19. The van der Waals surface area contributed by atoms with Crippen LogP contribution in [0.3, 0.4) is 0 Å². The van der Waals surface area contributed by atoms with Gasteiger partial charge in [0.1, 0.15) is 11.8 Å². The summed E-state index contributed by atoms with van der Waals surface area (Å²) in [6.45, 7) is 0. The van der Waals surface area contributed by atoms with Gasteiger partial charge in [-0.1, -0.05) is 0 Å². The van der Waals surface area contributed by atoms with Crippen LogP contribution in [0.25, 0.3) is 11.2 Å². The summed E-state index contributed by atoms with van der Waals surface area (Å²) < 4.78 is 1.30. The zero-order chi connectivity index (χ0) is 9.26. The Labute approximate surface area is 71.4 Å². The van der Waals surface area contributed by atoms with Gasteiger partial charge in [0.15, 0.2) is 5.65 Å². The number of aromatic nitrogens is 4. The second-order valence-corrected chi connectivity index (χ2v) is 2.28. The third kappa shape index (κ3) is 1.15. The molecule has 2 aromatic heterocycles. The highest BCUT2D eigenvalue weighted by Crippen LogP contribution is 2.02. The van der Waals surface area contributed by atoms with Gasteiger partial charge < -0.3 is 0 Å². The standard InChI is InChI=1S/C6H5N5O2/c12-3-9-11-2-8-4-1-7-6(13)10-5(4)11/h1-3H,(H,9,12)(H,7,10,13). The maximum atomic E-state index is 10.8. The van der Waals surface area contributed by atoms with Gasteiger partial charge in [-0.15, -0.1) is 0 Å². The largest absolute Gasteiger partial charge is 0.346 e. The number of imidazole rings is 1. The molecule has 66 valence electrons. The molecule has 0 saturated heterocycles. The van der Waals surface area contributed by atoms with Gasteiger partial charge in [-0.05, 0) is 0 Å². The molecule has 1 amide bonds. The number of aromatic amines is 1. The normalized spacial score (nSPS) is 10.2. The highest BCUT2D eigenvalue weighted by atomic mass is 16.1. The lowest BCUT2D eigenvalue weighted by molar-refractivity contribution is -0.106. The SMILES string of the molecule is O=CNn1cnc2cnc(=O)[nH]c21. The Morgan fingerprint density at radius 2 is 2.38 bits per heavy atom. The fourth-order valence-corrected chi connectivity index (χ4v) is 0.989. The van der Waals surface area contributed by atoms with Crippen molar-refractivity contribution in [3.05, 3.63) is 23.0 Å². The van der Waals surface area contributed by atoms with Crippen molar-refractivity contribution in [2.45, 2.75) is 0 Å². The van der Waals surface area contributed by atoms with Gasteiger partial charge in [0.25, 0.3) is 0 Å². The molecule has 0 radical (unpaired) electrons. The Hall–Kier alpha value is -2.18. The molecule has 0 fully saturated rings. The highest BCUT2D eigenvalue weighted by Gasteiger charge is 2.01. The van der Waals surface area contributed by atoms with Crippen LogP contribution in [0.1, 0.15) is 0 Å². The third-order valence-corrected chi connectivity index (χ3v) is 1.52. The van der Waals surface area contributed by atoms with E-state index in [2.05, 4.69) is 20.4 Å². The van der Waals surface area contributed by atoms with Crippen LogP contribution in [0, 0.1) is 0 Å². The van der Waals surface area contributed by atoms with Gasteiger partial charge in [0, 0.05) is 0 Å². The van der Waals surface area contributed by atoms with Gasteiger partial charge in [0.2, 0.25) is 6.41 Å². The quantitative estimate of drug-likeness (QED) is 0.567. The first kappa shape index (κ1) is 7.47. The van der Waals surface area contributed by atoms with E-state index in [4.69, 9.17) is 0 Å². The molecule has 0 atom stereocenters. The molecule has 0 aliphatic heterocycles. The lowest BCUT2D eigenvalue weighted by Crippen LogP contribution is -2.15. The van der Waals surface area contributed by atoms with E-state index in [0.717, 1.165) is 0 Å². The van der Waals surface area contributed by atoms with Crippen molar-refractivity contribution in [1.82, 2.24) is 19.6 Å². The van der Waals surface area contributed by atoms with Gasteiger partial charge >= 0.3 is 5.69 Å². The number of nitrogens with zero attached hydrogens (tertiary/aromatic N) is 3. The van der Waals surface area contributed by atoms with Crippen molar-refractivity contribution >= 4 is 17.6 Å². The fraction of sp³-hybridized carbons (Fsp3) is 0. The van der Waals surface area contributed by atoms with Crippen LogP contribution in [0.5, 0.6) is 0 Å². The number of H-pyrrole nitrogens is 1. The number of fused-ring (bicyclic) bond motifs is 1. The maximum Gasteiger partial charge on any atom is 0.346 e. The highest BCUT2D eigenvalue weighted by molar-refractivity contribution is 5.71. The maximum absolute atomic E-state index is 10.8. The van der Waals surface area contributed by atoms with Crippen LogP contribution in [0.15, 0.2) is 17.3 Å². The molecule has 0 aliphatic rings. The van der Waals surface area contributed by atoms with Crippen LogP contribution in [0.4, 0.5) is 0 Å². The zero-order valence-electron chi connectivity index (χ0n) is 6.39. The first-order valence-corrected chi connectivity index (χ1v) is 3.44. The minimum atomic E-state index is -0.484. The molecule has 7 nitrogen and oxygen atoms in total. The van der Waals surface area contributed by atoms with Gasteiger partial charge in [0.05, 0.1) is 6.20 Å². The number of amides is 1. The minimum Gasteiger partial charge on any atom is -0.289 e. The third-order valence-electron chi connectivity index (χ3n) is 1.52. The summed E-state index contributed by atoms with van der Waals surface area (Å²) >= 11 is 0. The Morgan fingerprint density at radius 3 is 3.15 bits per heavy atom. The average molecular weight is 179 g/mol. The van der Waals surface area contributed by atoms with E-state index in [1.165, 1.54) is 17.2 Å². The molecule has 0 aromatic carbocycles. The minimum absolute atomic E-state index is 0.409. The summed E-state index contributed by atoms with van der Waals surface area (Å²) in [5.41, 5.74) is 2.77. The predicted molar refractivity (Wildman–Crippen MR) is 43.6 cm³/mol. The average Bonchev–Trinajstić information content (AvgIpc) is 2.49. The predicted octanol–water partition coefficient (Wildman–Crippen LogP) is -1.18. The first-order chi connectivity index (χ1) is 6.31. The summed E-state index contributed by atoms with van der Waals surface area (Å²) in [5, 5.41) is 0. The summed E-state index contributed by atoms with van der Waals surface area (Å²) in [4.78, 5) is 30.7. The summed E-state index contributed by atoms with van der Waals surface area (Å²) in [5.74, 6) is 0. The van der Waals surface area contributed by atoms with Crippen molar-refractivity contribution in [2.75, 3.05) is 5.43 Å². The van der Waals surface area contributed by atoms with Gasteiger partial charge in [-0.3, -0.25) is 15.2 Å². The molecule has 0 saturated carbocycles. The van der Waals surface area contributed by atoms with Gasteiger partial charge in [-0.25, -0.2) is 14.5 Å². The van der Waals surface area contributed by atoms with Crippen LogP contribution >= 0.6 is 0 Å². The van der Waals surface area contributed by atoms with E-state index in [9.17, 15) is 9.59 Å². The van der Waals surface area contributed by atoms with Crippen molar-refractivity contribution < 1.29 is 4.79 Å². The molecular formula is C6H5N5O2. The molecular weight excluding hydrogens is 174 g/mol. The molecule has 0 spiro atoms. The number of rotatable bonds is 2. The van der Waals surface area contributed by atoms with Crippen molar-refractivity contribution in [3.8, 4) is 0 Å². The van der Waals surface area contributed by atoms with Crippen LogP contribution in [-0.2, 0) is 4.79 Å².